The second-order valence-electron chi connectivity index (χ2n) is 4.66. The lowest BCUT2D eigenvalue weighted by molar-refractivity contribution is 0.0722. The number of benzene rings is 1. The molecule has 0 amide bonds. The molecule has 1 aromatic rings. The van der Waals surface area contributed by atoms with Crippen LogP contribution in [0.2, 0.25) is 0 Å². The predicted molar refractivity (Wildman–Crippen MR) is 65.7 cm³/mol. The minimum absolute atomic E-state index is 0.558. The van der Waals surface area contributed by atoms with E-state index in [1.807, 2.05) is 13.8 Å². The van der Waals surface area contributed by atoms with Crippen molar-refractivity contribution in [1.82, 2.24) is 0 Å². The lowest BCUT2D eigenvalue weighted by Gasteiger charge is -2.14. The zero-order valence-electron chi connectivity index (χ0n) is 9.83. The predicted octanol–water partition coefficient (Wildman–Crippen LogP) is 3.56. The molecule has 0 atom stereocenters. The molecule has 0 unspecified atom stereocenters. The van der Waals surface area contributed by atoms with Crippen molar-refractivity contribution in [3.63, 3.8) is 0 Å². The third-order valence-corrected chi connectivity index (χ3v) is 2.31. The van der Waals surface area contributed by atoms with Crippen LogP contribution in [-0.2, 0) is 0 Å². The molecule has 0 saturated heterocycles. The Hall–Kier alpha value is -1.08. The smallest absolute Gasteiger partial charge is 0.0594 e. The van der Waals surface area contributed by atoms with Gasteiger partial charge >= 0.3 is 0 Å². The molecule has 0 radical (unpaired) electrons. The number of hydrogen-bond donors (Lipinski definition) is 1. The number of rotatable bonds is 4. The third kappa shape index (κ3) is 5.38. The molecule has 15 heavy (non-hydrogen) atoms. The molecule has 1 aromatic carbocycles. The van der Waals surface area contributed by atoms with E-state index in [4.69, 9.17) is 0 Å². The molecule has 0 saturated carbocycles. The first-order chi connectivity index (χ1) is 6.97. The maximum atomic E-state index is 9.52. The van der Waals surface area contributed by atoms with E-state index in [1.165, 1.54) is 11.1 Å². The van der Waals surface area contributed by atoms with Gasteiger partial charge in [-0.25, -0.2) is 0 Å². The van der Waals surface area contributed by atoms with Crippen molar-refractivity contribution in [1.29, 1.82) is 0 Å². The third-order valence-electron chi connectivity index (χ3n) is 2.31. The summed E-state index contributed by atoms with van der Waals surface area (Å²) in [5.41, 5.74) is 1.94. The van der Waals surface area contributed by atoms with Gasteiger partial charge in [0.15, 0.2) is 0 Å². The minimum Gasteiger partial charge on any atom is -0.390 e. The zero-order valence-corrected chi connectivity index (χ0v) is 9.83. The summed E-state index contributed by atoms with van der Waals surface area (Å²) in [5, 5.41) is 9.52. The molecule has 0 heterocycles. The van der Waals surface area contributed by atoms with Crippen molar-refractivity contribution >= 4 is 6.08 Å². The Morgan fingerprint density at radius 1 is 1.20 bits per heavy atom. The van der Waals surface area contributed by atoms with Crippen LogP contribution in [0.4, 0.5) is 0 Å². The highest BCUT2D eigenvalue weighted by Gasteiger charge is 2.09. The van der Waals surface area contributed by atoms with E-state index in [2.05, 4.69) is 43.3 Å². The molecule has 0 aromatic heterocycles. The van der Waals surface area contributed by atoms with E-state index in [9.17, 15) is 5.11 Å². The SMILES string of the molecule is Cc1ccc(/C=C/CCC(C)(C)O)cc1. The first kappa shape index (κ1) is 12.0. The van der Waals surface area contributed by atoms with Crippen molar-refractivity contribution in [3.05, 3.63) is 41.5 Å². The average molecular weight is 204 g/mol. The van der Waals surface area contributed by atoms with Crippen molar-refractivity contribution in [3.8, 4) is 0 Å². The summed E-state index contributed by atoms with van der Waals surface area (Å²) in [6.07, 6.45) is 5.93. The molecule has 82 valence electrons. The van der Waals surface area contributed by atoms with E-state index >= 15 is 0 Å². The van der Waals surface area contributed by atoms with Crippen LogP contribution in [0, 0.1) is 6.92 Å². The molecule has 0 aliphatic carbocycles. The standard InChI is InChI=1S/C14H20O/c1-12-7-9-13(10-8-12)6-4-5-11-14(2,3)15/h4,6-10,15H,5,11H2,1-3H3/b6-4+. The fraction of sp³-hybridized carbons (Fsp3) is 0.429. The van der Waals surface area contributed by atoms with Crippen molar-refractivity contribution in [2.75, 3.05) is 0 Å². The van der Waals surface area contributed by atoms with Gasteiger partial charge in [-0.15, -0.1) is 0 Å². The molecular formula is C14H20O. The van der Waals surface area contributed by atoms with Crippen LogP contribution < -0.4 is 0 Å². The Labute approximate surface area is 92.5 Å². The fourth-order valence-electron chi connectivity index (χ4n) is 1.33. The van der Waals surface area contributed by atoms with Crippen LogP contribution in [0.5, 0.6) is 0 Å². The summed E-state index contributed by atoms with van der Waals surface area (Å²) >= 11 is 0. The largest absolute Gasteiger partial charge is 0.390 e. The number of hydrogen-bond acceptors (Lipinski definition) is 1. The first-order valence-corrected chi connectivity index (χ1v) is 5.43. The van der Waals surface area contributed by atoms with Gasteiger partial charge in [0.05, 0.1) is 5.60 Å². The van der Waals surface area contributed by atoms with Crippen molar-refractivity contribution < 1.29 is 5.11 Å². The number of aryl methyl sites for hydroxylation is 1. The summed E-state index contributed by atoms with van der Waals surface area (Å²) in [6, 6.07) is 8.43. The molecule has 1 N–H and O–H groups in total. The van der Waals surface area contributed by atoms with Crippen LogP contribution >= 0.6 is 0 Å². The highest BCUT2D eigenvalue weighted by molar-refractivity contribution is 5.49. The molecule has 0 aliphatic rings. The molecule has 0 spiro atoms. The molecule has 1 rings (SSSR count). The lowest BCUT2D eigenvalue weighted by atomic mass is 10.0. The number of aliphatic hydroxyl groups is 1. The van der Waals surface area contributed by atoms with Gasteiger partial charge in [-0.3, -0.25) is 0 Å². The minimum atomic E-state index is -0.558. The molecular weight excluding hydrogens is 184 g/mol. The Morgan fingerprint density at radius 3 is 2.33 bits per heavy atom. The van der Waals surface area contributed by atoms with E-state index in [0.717, 1.165) is 12.8 Å². The maximum absolute atomic E-state index is 9.52. The van der Waals surface area contributed by atoms with Gasteiger partial charge in [-0.1, -0.05) is 42.0 Å². The fourth-order valence-corrected chi connectivity index (χ4v) is 1.33. The van der Waals surface area contributed by atoms with Crippen LogP contribution in [0.25, 0.3) is 6.08 Å². The summed E-state index contributed by atoms with van der Waals surface area (Å²) < 4.78 is 0. The van der Waals surface area contributed by atoms with Crippen molar-refractivity contribution in [2.24, 2.45) is 0 Å². The first-order valence-electron chi connectivity index (χ1n) is 5.43. The lowest BCUT2D eigenvalue weighted by Crippen LogP contribution is -2.17. The van der Waals surface area contributed by atoms with Crippen molar-refractivity contribution in [2.45, 2.75) is 39.2 Å². The summed E-state index contributed by atoms with van der Waals surface area (Å²) in [4.78, 5) is 0. The summed E-state index contributed by atoms with van der Waals surface area (Å²) in [7, 11) is 0. The zero-order chi connectivity index (χ0) is 11.3. The number of allylic oxidation sites excluding steroid dienone is 1. The molecule has 0 aliphatic heterocycles. The molecule has 0 bridgehead atoms. The van der Waals surface area contributed by atoms with E-state index in [-0.39, 0.29) is 0 Å². The highest BCUT2D eigenvalue weighted by atomic mass is 16.3. The van der Waals surface area contributed by atoms with Gasteiger partial charge in [0, 0.05) is 0 Å². The average Bonchev–Trinajstić information content (AvgIpc) is 2.14. The van der Waals surface area contributed by atoms with E-state index in [1.54, 1.807) is 0 Å². The van der Waals surface area contributed by atoms with Gasteiger partial charge < -0.3 is 5.11 Å². The summed E-state index contributed by atoms with van der Waals surface area (Å²) in [6.45, 7) is 5.77. The Bertz CT molecular complexity index is 314. The molecule has 1 nitrogen and oxygen atoms in total. The van der Waals surface area contributed by atoms with Gasteiger partial charge in [0.2, 0.25) is 0 Å². The highest BCUT2D eigenvalue weighted by Crippen LogP contribution is 2.12. The van der Waals surface area contributed by atoms with Gasteiger partial charge in [-0.2, -0.15) is 0 Å². The van der Waals surface area contributed by atoms with E-state index in [0.29, 0.717) is 0 Å². The van der Waals surface area contributed by atoms with Crippen LogP contribution in [0.15, 0.2) is 30.3 Å². The topological polar surface area (TPSA) is 20.2 Å². The normalized spacial score (nSPS) is 12.3. The van der Waals surface area contributed by atoms with Gasteiger partial charge in [0.25, 0.3) is 0 Å². The second-order valence-corrected chi connectivity index (χ2v) is 4.66. The van der Waals surface area contributed by atoms with Crippen LogP contribution in [-0.4, -0.2) is 10.7 Å². The Kier molecular flexibility index (Phi) is 4.10. The maximum Gasteiger partial charge on any atom is 0.0594 e. The molecule has 0 fully saturated rings. The monoisotopic (exact) mass is 204 g/mol. The van der Waals surface area contributed by atoms with Crippen LogP contribution in [0.3, 0.4) is 0 Å². The summed E-state index contributed by atoms with van der Waals surface area (Å²) in [5.74, 6) is 0. The molecule has 1 heteroatoms. The Balaban J connectivity index is 2.42. The Morgan fingerprint density at radius 2 is 1.80 bits per heavy atom. The van der Waals surface area contributed by atoms with E-state index < -0.39 is 5.60 Å². The van der Waals surface area contributed by atoms with Gasteiger partial charge in [-0.05, 0) is 39.2 Å². The van der Waals surface area contributed by atoms with Crippen LogP contribution in [0.1, 0.15) is 37.8 Å². The van der Waals surface area contributed by atoms with Gasteiger partial charge in [0.1, 0.15) is 0 Å². The quantitative estimate of drug-likeness (QED) is 0.795. The second kappa shape index (κ2) is 5.13.